The average molecular weight is 309 g/mol. The van der Waals surface area contributed by atoms with Crippen molar-refractivity contribution in [3.63, 3.8) is 0 Å². The molecule has 0 radical (unpaired) electrons. The lowest BCUT2D eigenvalue weighted by Crippen LogP contribution is -2.16. The van der Waals surface area contributed by atoms with Crippen LogP contribution in [0.4, 0.5) is 0 Å². The van der Waals surface area contributed by atoms with Gasteiger partial charge in [-0.25, -0.2) is 0 Å². The van der Waals surface area contributed by atoms with Gasteiger partial charge in [0.1, 0.15) is 0 Å². The van der Waals surface area contributed by atoms with Crippen molar-refractivity contribution >= 4 is 17.9 Å². The third kappa shape index (κ3) is 3.05. The first-order valence-corrected chi connectivity index (χ1v) is 8.74. The number of hydrogen-bond acceptors (Lipinski definition) is 2. The summed E-state index contributed by atoms with van der Waals surface area (Å²) in [6.07, 6.45) is 3.34. The Morgan fingerprint density at radius 2 is 1.55 bits per heavy atom. The van der Waals surface area contributed by atoms with Crippen LogP contribution in [0.1, 0.15) is 42.2 Å². The predicted octanol–water partition coefficient (Wildman–Crippen LogP) is 4.49. The molecule has 3 heteroatoms. The summed E-state index contributed by atoms with van der Waals surface area (Å²) in [5.41, 5.74) is 2.86. The lowest BCUT2D eigenvalue weighted by atomic mass is 10.0. The maximum absolute atomic E-state index is 11.6. The summed E-state index contributed by atoms with van der Waals surface area (Å²) in [7, 11) is 0. The van der Waals surface area contributed by atoms with Crippen LogP contribution in [0.15, 0.2) is 59.5 Å². The number of nitrogens with one attached hydrogen (secondary N) is 1. The molecule has 4 rings (SSSR count). The van der Waals surface area contributed by atoms with E-state index < -0.39 is 0 Å². The zero-order valence-electron chi connectivity index (χ0n) is 12.4. The summed E-state index contributed by atoms with van der Waals surface area (Å²) < 4.78 is 2.94. The molecule has 2 atom stereocenters. The van der Waals surface area contributed by atoms with E-state index in [9.17, 15) is 4.79 Å². The average Bonchev–Trinajstić information content (AvgIpc) is 3.47. The van der Waals surface area contributed by atoms with Gasteiger partial charge in [-0.1, -0.05) is 42.5 Å². The largest absolute Gasteiger partial charge is 0.296 e. The molecule has 112 valence electrons. The first-order chi connectivity index (χ1) is 10.8. The normalized spacial score (nSPS) is 23.1. The molecule has 22 heavy (non-hydrogen) atoms. The Morgan fingerprint density at radius 3 is 2.18 bits per heavy atom. The second-order valence-corrected chi connectivity index (χ2v) is 7.15. The van der Waals surface area contributed by atoms with Crippen LogP contribution >= 0.6 is 11.9 Å². The molecule has 2 aromatic rings. The van der Waals surface area contributed by atoms with Gasteiger partial charge in [0.25, 0.3) is 0 Å². The number of carbonyl (C=O) groups excluding carboxylic acids is 1. The molecule has 2 saturated carbocycles. The predicted molar refractivity (Wildman–Crippen MR) is 89.7 cm³/mol. The van der Waals surface area contributed by atoms with Crippen LogP contribution in [0.2, 0.25) is 0 Å². The molecule has 0 aliphatic heterocycles. The van der Waals surface area contributed by atoms with E-state index in [1.54, 1.807) is 0 Å². The quantitative estimate of drug-likeness (QED) is 0.824. The SMILES string of the molecule is O=C(NSc1ccc(C2CC2c2ccccc2)cc1)C1CC1. The molecule has 0 heterocycles. The minimum absolute atomic E-state index is 0.181. The highest BCUT2D eigenvalue weighted by Crippen LogP contribution is 2.54. The monoisotopic (exact) mass is 309 g/mol. The van der Waals surface area contributed by atoms with Gasteiger partial charge in [0.15, 0.2) is 0 Å². The van der Waals surface area contributed by atoms with Crippen molar-refractivity contribution < 1.29 is 4.79 Å². The van der Waals surface area contributed by atoms with E-state index in [-0.39, 0.29) is 11.8 Å². The fourth-order valence-electron chi connectivity index (χ4n) is 2.95. The molecule has 2 aromatic carbocycles. The Kier molecular flexibility index (Phi) is 3.67. The second kappa shape index (κ2) is 5.81. The number of amides is 1. The highest BCUT2D eigenvalue weighted by molar-refractivity contribution is 7.98. The van der Waals surface area contributed by atoms with Gasteiger partial charge in [0.05, 0.1) is 0 Å². The molecule has 2 fully saturated rings. The van der Waals surface area contributed by atoms with Crippen molar-refractivity contribution in [2.45, 2.75) is 36.0 Å². The van der Waals surface area contributed by atoms with Crippen molar-refractivity contribution in [2.75, 3.05) is 0 Å². The van der Waals surface area contributed by atoms with Crippen LogP contribution in [0, 0.1) is 5.92 Å². The molecule has 1 amide bonds. The Labute approximate surface area is 135 Å². The minimum Gasteiger partial charge on any atom is -0.296 e. The highest BCUT2D eigenvalue weighted by Gasteiger charge is 2.39. The zero-order chi connectivity index (χ0) is 14.9. The van der Waals surface area contributed by atoms with Crippen molar-refractivity contribution in [1.82, 2.24) is 4.72 Å². The topological polar surface area (TPSA) is 29.1 Å². The molecule has 1 N–H and O–H groups in total. The third-order valence-corrected chi connectivity index (χ3v) is 5.36. The molecule has 0 bridgehead atoms. The summed E-state index contributed by atoms with van der Waals surface area (Å²) in [5.74, 6) is 1.78. The molecular formula is C19H19NOS. The van der Waals surface area contributed by atoms with Gasteiger partial charge in [-0.2, -0.15) is 0 Å². The Morgan fingerprint density at radius 1 is 0.909 bits per heavy atom. The van der Waals surface area contributed by atoms with Crippen LogP contribution < -0.4 is 4.72 Å². The summed E-state index contributed by atoms with van der Waals surface area (Å²) in [6, 6.07) is 19.4. The first-order valence-electron chi connectivity index (χ1n) is 7.93. The van der Waals surface area contributed by atoms with E-state index >= 15 is 0 Å². The maximum atomic E-state index is 11.6. The van der Waals surface area contributed by atoms with E-state index in [2.05, 4.69) is 59.3 Å². The minimum atomic E-state index is 0.181. The van der Waals surface area contributed by atoms with Gasteiger partial charge in [0, 0.05) is 10.8 Å². The van der Waals surface area contributed by atoms with Gasteiger partial charge in [-0.05, 0) is 66.3 Å². The molecule has 0 spiro atoms. The molecule has 2 aliphatic rings. The van der Waals surface area contributed by atoms with Crippen LogP contribution in [0.3, 0.4) is 0 Å². The van der Waals surface area contributed by atoms with E-state index in [1.165, 1.54) is 29.5 Å². The number of carbonyl (C=O) groups is 1. The fourth-order valence-corrected chi connectivity index (χ4v) is 3.61. The molecule has 2 unspecified atom stereocenters. The van der Waals surface area contributed by atoms with Crippen molar-refractivity contribution in [1.29, 1.82) is 0 Å². The smallest absolute Gasteiger partial charge is 0.233 e. The first kappa shape index (κ1) is 13.9. The van der Waals surface area contributed by atoms with Gasteiger partial charge in [-0.3, -0.25) is 9.52 Å². The number of rotatable bonds is 5. The molecular weight excluding hydrogens is 290 g/mol. The van der Waals surface area contributed by atoms with Crippen molar-refractivity contribution in [2.24, 2.45) is 5.92 Å². The van der Waals surface area contributed by atoms with E-state index in [1.807, 2.05) is 0 Å². The third-order valence-electron chi connectivity index (χ3n) is 4.54. The Balaban J connectivity index is 1.35. The molecule has 0 saturated heterocycles. The summed E-state index contributed by atoms with van der Waals surface area (Å²) >= 11 is 1.44. The van der Waals surface area contributed by atoms with E-state index in [4.69, 9.17) is 0 Å². The van der Waals surface area contributed by atoms with Crippen LogP contribution in [0.5, 0.6) is 0 Å². The zero-order valence-corrected chi connectivity index (χ0v) is 13.2. The standard InChI is InChI=1S/C19H19NOS/c21-19(15-6-7-15)20-22-16-10-8-14(9-11-16)18-12-17(18)13-4-2-1-3-5-13/h1-5,8-11,15,17-18H,6-7,12H2,(H,20,21). The Hall–Kier alpha value is -1.74. The summed E-state index contributed by atoms with van der Waals surface area (Å²) in [4.78, 5) is 12.7. The van der Waals surface area contributed by atoms with E-state index in [0.29, 0.717) is 11.8 Å². The van der Waals surface area contributed by atoms with Crippen molar-refractivity contribution in [3.8, 4) is 0 Å². The van der Waals surface area contributed by atoms with Gasteiger partial charge < -0.3 is 0 Å². The molecule has 0 aromatic heterocycles. The second-order valence-electron chi connectivity index (χ2n) is 6.27. The van der Waals surface area contributed by atoms with Gasteiger partial charge in [-0.15, -0.1) is 0 Å². The van der Waals surface area contributed by atoms with Gasteiger partial charge in [0.2, 0.25) is 5.91 Å². The molecule has 2 nitrogen and oxygen atoms in total. The van der Waals surface area contributed by atoms with Crippen LogP contribution in [0.25, 0.3) is 0 Å². The fraction of sp³-hybridized carbons (Fsp3) is 0.316. The maximum Gasteiger partial charge on any atom is 0.233 e. The molecule has 2 aliphatic carbocycles. The lowest BCUT2D eigenvalue weighted by molar-refractivity contribution is -0.120. The van der Waals surface area contributed by atoms with Crippen molar-refractivity contribution in [3.05, 3.63) is 65.7 Å². The Bertz CT molecular complexity index is 664. The summed E-state index contributed by atoms with van der Waals surface area (Å²) in [5, 5.41) is 0. The highest BCUT2D eigenvalue weighted by atomic mass is 32.2. The van der Waals surface area contributed by atoms with Crippen LogP contribution in [-0.4, -0.2) is 5.91 Å². The number of benzene rings is 2. The van der Waals surface area contributed by atoms with E-state index in [0.717, 1.165) is 17.7 Å². The van der Waals surface area contributed by atoms with Crippen LogP contribution in [-0.2, 0) is 4.79 Å². The summed E-state index contributed by atoms with van der Waals surface area (Å²) in [6.45, 7) is 0. The number of hydrogen-bond donors (Lipinski definition) is 1. The lowest BCUT2D eigenvalue weighted by Gasteiger charge is -2.05. The van der Waals surface area contributed by atoms with Gasteiger partial charge >= 0.3 is 0 Å².